The van der Waals surface area contributed by atoms with Gasteiger partial charge in [-0.15, -0.1) is 0 Å². The van der Waals surface area contributed by atoms with E-state index in [4.69, 9.17) is 14.2 Å². The maximum absolute atomic E-state index is 12.7. The summed E-state index contributed by atoms with van der Waals surface area (Å²) in [6.45, 7) is 0. The average Bonchev–Trinajstić information content (AvgIpc) is 3.31. The van der Waals surface area contributed by atoms with E-state index in [2.05, 4.69) is 0 Å². The van der Waals surface area contributed by atoms with Crippen LogP contribution >= 0.6 is 0 Å². The van der Waals surface area contributed by atoms with Crippen molar-refractivity contribution < 1.29 is 19.0 Å². The average molecular weight is 296 g/mol. The molecule has 1 fully saturated rings. The van der Waals surface area contributed by atoms with Crippen LogP contribution in [-0.4, -0.2) is 20.0 Å². The molecule has 1 aliphatic carbocycles. The number of methoxy groups -OCH3 is 2. The Bertz CT molecular complexity index is 753. The Kier molecular flexibility index (Phi) is 2.70. The predicted octanol–water partition coefficient (Wildman–Crippen LogP) is 3.19. The monoisotopic (exact) mass is 296 g/mol. The summed E-state index contributed by atoms with van der Waals surface area (Å²) in [6, 6.07) is 13.4. The third kappa shape index (κ3) is 1.67. The summed E-state index contributed by atoms with van der Waals surface area (Å²) in [7, 11) is 3.13. The summed E-state index contributed by atoms with van der Waals surface area (Å²) in [5.74, 6) is 1.69. The number of fused-ring (bicyclic) bond motifs is 2. The molecule has 1 saturated carbocycles. The van der Waals surface area contributed by atoms with Crippen LogP contribution in [-0.2, 0) is 5.60 Å². The lowest BCUT2D eigenvalue weighted by atomic mass is 9.96. The second kappa shape index (κ2) is 4.50. The molecule has 22 heavy (non-hydrogen) atoms. The number of hydrogen-bond donors (Lipinski definition) is 0. The molecule has 0 N–H and O–H groups in total. The predicted molar refractivity (Wildman–Crippen MR) is 80.7 cm³/mol. The lowest BCUT2D eigenvalue weighted by Gasteiger charge is -2.27. The van der Waals surface area contributed by atoms with Gasteiger partial charge < -0.3 is 14.2 Å². The summed E-state index contributed by atoms with van der Waals surface area (Å²) in [6.07, 6.45) is 0.717. The molecule has 0 bridgehead atoms. The van der Waals surface area contributed by atoms with Gasteiger partial charge in [0, 0.05) is 12.5 Å². The van der Waals surface area contributed by atoms with E-state index in [9.17, 15) is 4.79 Å². The molecular formula is C18H16O4. The van der Waals surface area contributed by atoms with Gasteiger partial charge in [0.2, 0.25) is 0 Å². The minimum atomic E-state index is -0.509. The maximum atomic E-state index is 12.7. The van der Waals surface area contributed by atoms with Crippen molar-refractivity contribution in [2.24, 2.45) is 5.92 Å². The van der Waals surface area contributed by atoms with Crippen molar-refractivity contribution in [3.63, 3.8) is 0 Å². The number of hydrogen-bond acceptors (Lipinski definition) is 4. The molecule has 4 heteroatoms. The number of Topliss-reactive ketones (excluding diaryl/α,β-unsaturated/α-hetero) is 1. The van der Waals surface area contributed by atoms with Crippen molar-refractivity contribution >= 4 is 5.78 Å². The summed E-state index contributed by atoms with van der Waals surface area (Å²) in [5.41, 5.74) is 1.12. The molecule has 4 nitrogen and oxygen atoms in total. The number of rotatable bonds is 3. The van der Waals surface area contributed by atoms with Crippen molar-refractivity contribution in [3.8, 4) is 17.2 Å². The molecule has 4 rings (SSSR count). The van der Waals surface area contributed by atoms with Crippen molar-refractivity contribution in [3.05, 3.63) is 53.6 Å². The molecule has 0 radical (unpaired) electrons. The van der Waals surface area contributed by atoms with Gasteiger partial charge in [0.25, 0.3) is 0 Å². The first-order valence-corrected chi connectivity index (χ1v) is 7.24. The third-order valence-corrected chi connectivity index (χ3v) is 4.53. The number of carbonyl (C=O) groups excluding carboxylic acids is 1. The van der Waals surface area contributed by atoms with Crippen molar-refractivity contribution in [1.29, 1.82) is 0 Å². The van der Waals surface area contributed by atoms with Crippen LogP contribution in [0.2, 0.25) is 0 Å². The Morgan fingerprint density at radius 3 is 2.45 bits per heavy atom. The normalized spacial score (nSPS) is 24.8. The number of carbonyl (C=O) groups is 1. The first-order chi connectivity index (χ1) is 10.7. The molecule has 1 aliphatic heterocycles. The van der Waals surface area contributed by atoms with Gasteiger partial charge >= 0.3 is 0 Å². The molecule has 0 saturated heterocycles. The topological polar surface area (TPSA) is 44.8 Å². The van der Waals surface area contributed by atoms with Gasteiger partial charge in [-0.05, 0) is 11.6 Å². The van der Waals surface area contributed by atoms with E-state index >= 15 is 0 Å². The van der Waals surface area contributed by atoms with Gasteiger partial charge in [-0.3, -0.25) is 4.79 Å². The molecule has 112 valence electrons. The zero-order valence-corrected chi connectivity index (χ0v) is 12.5. The fourth-order valence-corrected chi connectivity index (χ4v) is 3.28. The Morgan fingerprint density at radius 2 is 1.77 bits per heavy atom. The van der Waals surface area contributed by atoms with Gasteiger partial charge in [-0.1, -0.05) is 30.3 Å². The van der Waals surface area contributed by atoms with Gasteiger partial charge in [0.1, 0.15) is 11.4 Å². The van der Waals surface area contributed by atoms with Crippen LogP contribution in [0.3, 0.4) is 0 Å². The minimum absolute atomic E-state index is 0.111. The quantitative estimate of drug-likeness (QED) is 0.872. The Labute approximate surface area is 128 Å². The van der Waals surface area contributed by atoms with E-state index < -0.39 is 5.60 Å². The molecule has 0 amide bonds. The first-order valence-electron chi connectivity index (χ1n) is 7.24. The molecule has 2 aromatic carbocycles. The van der Waals surface area contributed by atoms with Gasteiger partial charge in [0.05, 0.1) is 25.7 Å². The first kappa shape index (κ1) is 13.2. The molecule has 1 heterocycles. The van der Waals surface area contributed by atoms with Crippen molar-refractivity contribution in [1.82, 2.24) is 0 Å². The highest BCUT2D eigenvalue weighted by Gasteiger charge is 2.65. The van der Waals surface area contributed by atoms with Crippen LogP contribution in [0.4, 0.5) is 0 Å². The molecule has 2 atom stereocenters. The lowest BCUT2D eigenvalue weighted by molar-refractivity contribution is 0.0822. The molecular weight excluding hydrogens is 280 g/mol. The molecule has 0 aromatic heterocycles. The van der Waals surface area contributed by atoms with E-state index in [0.717, 1.165) is 12.0 Å². The fraction of sp³-hybridized carbons (Fsp3) is 0.278. The number of benzene rings is 2. The lowest BCUT2D eigenvalue weighted by Crippen LogP contribution is -2.27. The number of ketones is 1. The minimum Gasteiger partial charge on any atom is -0.493 e. The zero-order valence-electron chi connectivity index (χ0n) is 12.5. The van der Waals surface area contributed by atoms with Crippen LogP contribution in [0.5, 0.6) is 17.2 Å². The molecule has 2 aromatic rings. The molecule has 2 aliphatic rings. The standard InChI is InChI=1S/C18H16O4/c1-20-15-8-12-14(9-16(15)21-2)22-18(10-13(18)17(12)19)11-6-4-3-5-7-11/h3-9,13H,10H2,1-2H3. The van der Waals surface area contributed by atoms with Crippen LogP contribution < -0.4 is 14.2 Å². The summed E-state index contributed by atoms with van der Waals surface area (Å²) in [4.78, 5) is 12.7. The third-order valence-electron chi connectivity index (χ3n) is 4.53. The van der Waals surface area contributed by atoms with E-state index in [1.165, 1.54) is 0 Å². The number of ether oxygens (including phenoxy) is 3. The van der Waals surface area contributed by atoms with Gasteiger partial charge in [-0.2, -0.15) is 0 Å². The second-order valence-electron chi connectivity index (χ2n) is 5.68. The highest BCUT2D eigenvalue weighted by atomic mass is 16.5. The van der Waals surface area contributed by atoms with E-state index in [1.807, 2.05) is 30.3 Å². The highest BCUT2D eigenvalue weighted by Crippen LogP contribution is 2.60. The SMILES string of the molecule is COc1cc2c(cc1OC)C(=O)C1CC1(c1ccccc1)O2. The highest BCUT2D eigenvalue weighted by molar-refractivity contribution is 6.05. The second-order valence-corrected chi connectivity index (χ2v) is 5.68. The van der Waals surface area contributed by atoms with Crippen molar-refractivity contribution in [2.75, 3.05) is 14.2 Å². The summed E-state index contributed by atoms with van der Waals surface area (Å²) in [5, 5.41) is 0. The van der Waals surface area contributed by atoms with E-state index in [-0.39, 0.29) is 11.7 Å². The Balaban J connectivity index is 1.81. The van der Waals surface area contributed by atoms with Gasteiger partial charge in [-0.25, -0.2) is 0 Å². The van der Waals surface area contributed by atoms with Crippen molar-refractivity contribution in [2.45, 2.75) is 12.0 Å². The molecule has 0 spiro atoms. The van der Waals surface area contributed by atoms with Crippen LogP contribution in [0.1, 0.15) is 22.3 Å². The summed E-state index contributed by atoms with van der Waals surface area (Å²) >= 11 is 0. The van der Waals surface area contributed by atoms with Crippen LogP contribution in [0, 0.1) is 5.92 Å². The van der Waals surface area contributed by atoms with Crippen LogP contribution in [0.15, 0.2) is 42.5 Å². The van der Waals surface area contributed by atoms with E-state index in [1.54, 1.807) is 26.4 Å². The fourth-order valence-electron chi connectivity index (χ4n) is 3.28. The maximum Gasteiger partial charge on any atom is 0.174 e. The smallest absolute Gasteiger partial charge is 0.174 e. The van der Waals surface area contributed by atoms with Gasteiger partial charge in [0.15, 0.2) is 17.3 Å². The Morgan fingerprint density at radius 1 is 1.09 bits per heavy atom. The Hall–Kier alpha value is -2.49. The largest absolute Gasteiger partial charge is 0.493 e. The summed E-state index contributed by atoms with van der Waals surface area (Å²) < 4.78 is 16.8. The van der Waals surface area contributed by atoms with Crippen LogP contribution in [0.25, 0.3) is 0 Å². The molecule has 2 unspecified atom stereocenters. The van der Waals surface area contributed by atoms with E-state index in [0.29, 0.717) is 22.8 Å². The zero-order chi connectivity index (χ0) is 15.3.